The largest absolute Gasteiger partial charge is 0.341 e. The zero-order chi connectivity index (χ0) is 11.1. The highest BCUT2D eigenvalue weighted by Crippen LogP contribution is 2.44. The van der Waals surface area contributed by atoms with E-state index in [4.69, 9.17) is 11.6 Å². The highest BCUT2D eigenvalue weighted by Gasteiger charge is 2.30. The molecule has 1 saturated heterocycles. The third-order valence-electron chi connectivity index (χ3n) is 3.18. The number of nitrogens with zero attached hydrogens (tertiary/aromatic N) is 3. The first-order chi connectivity index (χ1) is 7.75. The van der Waals surface area contributed by atoms with Crippen LogP contribution in [0.3, 0.4) is 0 Å². The third-order valence-corrected chi connectivity index (χ3v) is 4.46. The first-order valence-electron chi connectivity index (χ1n) is 5.73. The maximum absolute atomic E-state index is 6.14. The van der Waals surface area contributed by atoms with Crippen molar-refractivity contribution in [2.24, 2.45) is 0 Å². The molecule has 0 spiro atoms. The van der Waals surface area contributed by atoms with Gasteiger partial charge in [0.1, 0.15) is 5.15 Å². The van der Waals surface area contributed by atoms with Gasteiger partial charge < -0.3 is 4.90 Å². The lowest BCUT2D eigenvalue weighted by Crippen LogP contribution is -2.21. The van der Waals surface area contributed by atoms with E-state index in [1.807, 2.05) is 0 Å². The molecule has 3 rings (SSSR count). The van der Waals surface area contributed by atoms with Crippen LogP contribution in [0.25, 0.3) is 0 Å². The van der Waals surface area contributed by atoms with Gasteiger partial charge >= 0.3 is 0 Å². The van der Waals surface area contributed by atoms with Crippen LogP contribution in [-0.2, 0) is 0 Å². The SMILES string of the molecule is Clc1nc(N2CCCC2)nc(C2CC2)c1Br. The Morgan fingerprint density at radius 3 is 2.50 bits per heavy atom. The van der Waals surface area contributed by atoms with Gasteiger partial charge in [-0.15, -0.1) is 0 Å². The summed E-state index contributed by atoms with van der Waals surface area (Å²) in [4.78, 5) is 11.2. The van der Waals surface area contributed by atoms with E-state index in [-0.39, 0.29) is 0 Å². The summed E-state index contributed by atoms with van der Waals surface area (Å²) in [6.07, 6.45) is 4.92. The Hall–Kier alpha value is -0.350. The Morgan fingerprint density at radius 2 is 1.88 bits per heavy atom. The molecule has 0 unspecified atom stereocenters. The minimum Gasteiger partial charge on any atom is -0.341 e. The van der Waals surface area contributed by atoms with E-state index >= 15 is 0 Å². The van der Waals surface area contributed by atoms with Crippen molar-refractivity contribution in [1.29, 1.82) is 0 Å². The van der Waals surface area contributed by atoms with Crippen molar-refractivity contribution in [3.8, 4) is 0 Å². The van der Waals surface area contributed by atoms with Crippen molar-refractivity contribution in [2.75, 3.05) is 18.0 Å². The highest BCUT2D eigenvalue weighted by atomic mass is 79.9. The summed E-state index contributed by atoms with van der Waals surface area (Å²) in [5.41, 5.74) is 1.10. The van der Waals surface area contributed by atoms with Crippen LogP contribution in [-0.4, -0.2) is 23.1 Å². The van der Waals surface area contributed by atoms with Gasteiger partial charge in [0.15, 0.2) is 0 Å². The molecule has 86 valence electrons. The zero-order valence-corrected chi connectivity index (χ0v) is 11.3. The molecule has 1 saturated carbocycles. The summed E-state index contributed by atoms with van der Waals surface area (Å²) in [6, 6.07) is 0. The van der Waals surface area contributed by atoms with Crippen molar-refractivity contribution in [3.63, 3.8) is 0 Å². The maximum Gasteiger partial charge on any atom is 0.227 e. The summed E-state index contributed by atoms with van der Waals surface area (Å²) >= 11 is 9.63. The summed E-state index contributed by atoms with van der Waals surface area (Å²) in [5.74, 6) is 1.41. The van der Waals surface area contributed by atoms with Crippen LogP contribution in [0.1, 0.15) is 37.3 Å². The van der Waals surface area contributed by atoms with Crippen molar-refractivity contribution < 1.29 is 0 Å². The molecule has 0 atom stereocenters. The van der Waals surface area contributed by atoms with Crippen molar-refractivity contribution in [1.82, 2.24) is 9.97 Å². The van der Waals surface area contributed by atoms with Crippen LogP contribution in [0.5, 0.6) is 0 Å². The van der Waals surface area contributed by atoms with Gasteiger partial charge in [-0.3, -0.25) is 0 Å². The zero-order valence-electron chi connectivity index (χ0n) is 8.92. The molecular formula is C11H13BrClN3. The number of hydrogen-bond acceptors (Lipinski definition) is 3. The Labute approximate surface area is 108 Å². The van der Waals surface area contributed by atoms with E-state index < -0.39 is 0 Å². The predicted molar refractivity (Wildman–Crippen MR) is 68.2 cm³/mol. The molecule has 0 radical (unpaired) electrons. The minimum absolute atomic E-state index is 0.554. The molecule has 2 heterocycles. The first-order valence-corrected chi connectivity index (χ1v) is 6.90. The second-order valence-electron chi connectivity index (χ2n) is 4.48. The average molecular weight is 303 g/mol. The lowest BCUT2D eigenvalue weighted by atomic mass is 10.3. The fourth-order valence-corrected chi connectivity index (χ4v) is 2.78. The second kappa shape index (κ2) is 4.15. The van der Waals surface area contributed by atoms with Crippen LogP contribution in [0.2, 0.25) is 5.15 Å². The van der Waals surface area contributed by atoms with Gasteiger partial charge in [0.25, 0.3) is 0 Å². The standard InChI is InChI=1S/C11H13BrClN3/c12-8-9(7-3-4-7)14-11(15-10(8)13)16-5-1-2-6-16/h7H,1-6H2. The number of halogens is 2. The van der Waals surface area contributed by atoms with Gasteiger partial charge in [0.2, 0.25) is 5.95 Å². The molecule has 1 aromatic rings. The number of aromatic nitrogens is 2. The van der Waals surface area contributed by atoms with Crippen LogP contribution in [0.4, 0.5) is 5.95 Å². The molecule has 0 N–H and O–H groups in total. The topological polar surface area (TPSA) is 29.0 Å². The molecule has 1 aromatic heterocycles. The second-order valence-corrected chi connectivity index (χ2v) is 5.63. The van der Waals surface area contributed by atoms with Crippen molar-refractivity contribution >= 4 is 33.5 Å². The molecule has 0 amide bonds. The molecule has 16 heavy (non-hydrogen) atoms. The molecule has 0 bridgehead atoms. The molecule has 2 aliphatic rings. The van der Waals surface area contributed by atoms with Gasteiger partial charge in [-0.1, -0.05) is 11.6 Å². The predicted octanol–water partition coefficient (Wildman–Crippen LogP) is 3.37. The van der Waals surface area contributed by atoms with E-state index in [1.165, 1.54) is 25.7 Å². The monoisotopic (exact) mass is 301 g/mol. The molecule has 0 aromatic carbocycles. The van der Waals surface area contributed by atoms with Gasteiger partial charge in [0, 0.05) is 19.0 Å². The Morgan fingerprint density at radius 1 is 1.19 bits per heavy atom. The van der Waals surface area contributed by atoms with Crippen LogP contribution in [0.15, 0.2) is 4.47 Å². The van der Waals surface area contributed by atoms with Crippen LogP contribution in [0, 0.1) is 0 Å². The lowest BCUT2D eigenvalue weighted by Gasteiger charge is -2.16. The van der Waals surface area contributed by atoms with Crippen LogP contribution >= 0.6 is 27.5 Å². The Bertz CT molecular complexity index is 414. The van der Waals surface area contributed by atoms with E-state index in [0.717, 1.165) is 29.2 Å². The quantitative estimate of drug-likeness (QED) is 0.784. The third kappa shape index (κ3) is 1.93. The summed E-state index contributed by atoms with van der Waals surface area (Å²) in [7, 11) is 0. The van der Waals surface area contributed by atoms with Crippen LogP contribution < -0.4 is 4.90 Å². The van der Waals surface area contributed by atoms with E-state index in [9.17, 15) is 0 Å². The smallest absolute Gasteiger partial charge is 0.227 e. The summed E-state index contributed by atoms with van der Waals surface area (Å²) in [5, 5.41) is 0.554. The van der Waals surface area contributed by atoms with Gasteiger partial charge in [0.05, 0.1) is 10.2 Å². The van der Waals surface area contributed by atoms with Gasteiger partial charge in [-0.25, -0.2) is 4.98 Å². The average Bonchev–Trinajstić information content (AvgIpc) is 2.96. The van der Waals surface area contributed by atoms with Gasteiger partial charge in [-0.2, -0.15) is 4.98 Å². The lowest BCUT2D eigenvalue weighted by molar-refractivity contribution is 0.866. The number of rotatable bonds is 2. The fourth-order valence-electron chi connectivity index (χ4n) is 2.11. The van der Waals surface area contributed by atoms with E-state index in [1.54, 1.807) is 0 Å². The van der Waals surface area contributed by atoms with E-state index in [0.29, 0.717) is 11.1 Å². The molecule has 5 heteroatoms. The molecule has 2 fully saturated rings. The summed E-state index contributed by atoms with van der Waals surface area (Å²) < 4.78 is 0.889. The molecular weight excluding hydrogens is 289 g/mol. The summed E-state index contributed by atoms with van der Waals surface area (Å²) in [6.45, 7) is 2.12. The molecule has 1 aliphatic carbocycles. The van der Waals surface area contributed by atoms with E-state index in [2.05, 4.69) is 30.8 Å². The van der Waals surface area contributed by atoms with Crippen molar-refractivity contribution in [3.05, 3.63) is 15.3 Å². The molecule has 1 aliphatic heterocycles. The van der Waals surface area contributed by atoms with Gasteiger partial charge in [-0.05, 0) is 41.6 Å². The number of anilines is 1. The highest BCUT2D eigenvalue weighted by molar-refractivity contribution is 9.10. The number of hydrogen-bond donors (Lipinski definition) is 0. The first kappa shape index (κ1) is 10.8. The normalized spacial score (nSPS) is 20.5. The fraction of sp³-hybridized carbons (Fsp3) is 0.636. The minimum atomic E-state index is 0.554. The Kier molecular flexibility index (Phi) is 2.80. The van der Waals surface area contributed by atoms with Crippen molar-refractivity contribution in [2.45, 2.75) is 31.6 Å². The maximum atomic E-state index is 6.14. The Balaban J connectivity index is 1.98. The molecule has 3 nitrogen and oxygen atoms in total.